The Kier molecular flexibility index (Phi) is 9.79. The molecule has 170 valence electrons. The van der Waals surface area contributed by atoms with Gasteiger partial charge in [0.2, 0.25) is 0 Å². The lowest BCUT2D eigenvalue weighted by molar-refractivity contribution is -0.137. The van der Waals surface area contributed by atoms with Crippen molar-refractivity contribution < 1.29 is 22.7 Å². The van der Waals surface area contributed by atoms with Crippen LogP contribution in [0.1, 0.15) is 43.7 Å². The smallest absolute Gasteiger partial charge is 0.416 e. The Morgan fingerprint density at radius 1 is 1.16 bits per heavy atom. The van der Waals surface area contributed by atoms with Crippen LogP contribution < -0.4 is 10.1 Å². The summed E-state index contributed by atoms with van der Waals surface area (Å²) < 4.78 is 45.7. The highest BCUT2D eigenvalue weighted by molar-refractivity contribution is 9.11. The van der Waals surface area contributed by atoms with E-state index in [-0.39, 0.29) is 11.3 Å². The van der Waals surface area contributed by atoms with Gasteiger partial charge in [-0.25, -0.2) is 0 Å². The topological polar surface area (TPSA) is 62.1 Å². The number of rotatable bonds is 9. The first-order valence-corrected chi connectivity index (χ1v) is 11.5. The van der Waals surface area contributed by atoms with Gasteiger partial charge in [-0.15, -0.1) is 0 Å². The predicted molar refractivity (Wildman–Crippen MR) is 125 cm³/mol. The van der Waals surface area contributed by atoms with Crippen LogP contribution in [0.15, 0.2) is 50.9 Å². The minimum Gasteiger partial charge on any atom is -0.491 e. The lowest BCUT2D eigenvalue weighted by atomic mass is 10.1. The Labute approximate surface area is 201 Å². The monoisotopic (exact) mass is 572 g/mol. The van der Waals surface area contributed by atoms with E-state index in [9.17, 15) is 23.2 Å². The molecule has 4 nitrogen and oxygen atoms in total. The van der Waals surface area contributed by atoms with Crippen LogP contribution in [0.3, 0.4) is 0 Å². The Hall–Kier alpha value is -2.31. The zero-order valence-electron chi connectivity index (χ0n) is 17.2. The number of benzene rings is 2. The highest BCUT2D eigenvalue weighted by Crippen LogP contribution is 2.36. The Morgan fingerprint density at radius 2 is 1.84 bits per heavy atom. The number of carbonyl (C=O) groups is 1. The molecule has 0 aromatic heterocycles. The van der Waals surface area contributed by atoms with Crippen LogP contribution in [0.25, 0.3) is 6.08 Å². The lowest BCUT2D eigenvalue weighted by Gasteiger charge is -2.12. The Morgan fingerprint density at radius 3 is 2.44 bits per heavy atom. The van der Waals surface area contributed by atoms with Crippen LogP contribution in [0.2, 0.25) is 0 Å². The third-order valence-electron chi connectivity index (χ3n) is 4.39. The van der Waals surface area contributed by atoms with Crippen molar-refractivity contribution in [1.82, 2.24) is 0 Å². The molecule has 2 rings (SSSR count). The van der Waals surface area contributed by atoms with Gasteiger partial charge in [0.05, 0.1) is 21.1 Å². The van der Waals surface area contributed by atoms with Gasteiger partial charge >= 0.3 is 6.18 Å². The summed E-state index contributed by atoms with van der Waals surface area (Å²) in [6.07, 6.45) is 1.12. The van der Waals surface area contributed by atoms with Crippen LogP contribution in [-0.4, -0.2) is 12.5 Å². The van der Waals surface area contributed by atoms with Crippen LogP contribution in [-0.2, 0) is 11.0 Å². The number of anilines is 1. The van der Waals surface area contributed by atoms with Gasteiger partial charge in [0.25, 0.3) is 5.91 Å². The van der Waals surface area contributed by atoms with Gasteiger partial charge < -0.3 is 10.1 Å². The first-order chi connectivity index (χ1) is 15.2. The minimum atomic E-state index is -4.53. The lowest BCUT2D eigenvalue weighted by Crippen LogP contribution is -2.14. The normalized spacial score (nSPS) is 11.7. The van der Waals surface area contributed by atoms with E-state index in [1.54, 1.807) is 18.2 Å². The number of hydrogen-bond donors (Lipinski definition) is 1. The number of alkyl halides is 3. The molecule has 0 heterocycles. The Bertz CT molecular complexity index is 1010. The number of carbonyl (C=O) groups excluding carboxylic acids is 1. The number of hydrogen-bond acceptors (Lipinski definition) is 3. The average Bonchev–Trinajstić information content (AvgIpc) is 2.73. The molecule has 1 amide bonds. The molecule has 2 aromatic rings. The Balaban J connectivity index is 2.15. The standard InChI is InChI=1S/C23H21Br2F3N2O2/c1-2-3-4-5-9-32-21-19(24)11-15(12-20(21)25)10-16(14-29)22(31)30-18-8-6-7-17(13-18)23(26,27)28/h6-8,10-13H,2-5,9H2,1H3,(H,30,31)/b16-10+. The molecule has 0 fully saturated rings. The third kappa shape index (κ3) is 7.68. The van der Waals surface area contributed by atoms with Crippen molar-refractivity contribution in [1.29, 1.82) is 5.26 Å². The van der Waals surface area contributed by atoms with Crippen LogP contribution in [0, 0.1) is 11.3 Å². The third-order valence-corrected chi connectivity index (χ3v) is 5.57. The maximum Gasteiger partial charge on any atom is 0.416 e. The summed E-state index contributed by atoms with van der Waals surface area (Å²) in [7, 11) is 0. The summed E-state index contributed by atoms with van der Waals surface area (Å²) in [6, 6.07) is 9.40. The molecule has 0 radical (unpaired) electrons. The maximum atomic E-state index is 12.9. The fourth-order valence-corrected chi connectivity index (χ4v) is 4.24. The molecule has 0 aliphatic carbocycles. The van der Waals surface area contributed by atoms with Gasteiger partial charge in [0.1, 0.15) is 17.4 Å². The highest BCUT2D eigenvalue weighted by Gasteiger charge is 2.30. The fourth-order valence-electron chi connectivity index (χ4n) is 2.79. The number of unbranched alkanes of at least 4 members (excludes halogenated alkanes) is 3. The second-order valence-corrected chi connectivity index (χ2v) is 8.63. The maximum absolute atomic E-state index is 12.9. The summed E-state index contributed by atoms with van der Waals surface area (Å²) in [5, 5.41) is 11.7. The van der Waals surface area contributed by atoms with Crippen LogP contribution in [0.4, 0.5) is 18.9 Å². The number of nitrogens with zero attached hydrogens (tertiary/aromatic N) is 1. The molecule has 2 aromatic carbocycles. The van der Waals surface area contributed by atoms with Crippen LogP contribution >= 0.6 is 31.9 Å². The largest absolute Gasteiger partial charge is 0.491 e. The van der Waals surface area contributed by atoms with E-state index in [1.165, 1.54) is 18.2 Å². The molecular formula is C23H21Br2F3N2O2. The minimum absolute atomic E-state index is 0.0554. The van der Waals surface area contributed by atoms with E-state index in [0.717, 1.165) is 37.8 Å². The first-order valence-electron chi connectivity index (χ1n) is 9.88. The predicted octanol–water partition coefficient (Wildman–Crippen LogP) is 7.74. The number of ether oxygens (including phenoxy) is 1. The van der Waals surface area contributed by atoms with Gasteiger partial charge in [-0.1, -0.05) is 32.3 Å². The van der Waals surface area contributed by atoms with E-state index in [0.29, 0.717) is 26.9 Å². The molecular weight excluding hydrogens is 553 g/mol. The van der Waals surface area contributed by atoms with E-state index >= 15 is 0 Å². The zero-order valence-corrected chi connectivity index (χ0v) is 20.4. The van der Waals surface area contributed by atoms with E-state index in [1.807, 2.05) is 0 Å². The molecule has 0 unspecified atom stereocenters. The van der Waals surface area contributed by atoms with Crippen molar-refractivity contribution in [3.05, 3.63) is 62.0 Å². The summed E-state index contributed by atoms with van der Waals surface area (Å²) in [4.78, 5) is 12.4. The SMILES string of the molecule is CCCCCCOc1c(Br)cc(/C=C(\C#N)C(=O)Nc2cccc(C(F)(F)F)c2)cc1Br. The van der Waals surface area contributed by atoms with Gasteiger partial charge in [0.15, 0.2) is 0 Å². The molecule has 1 N–H and O–H groups in total. The van der Waals surface area contributed by atoms with E-state index in [2.05, 4.69) is 44.1 Å². The molecule has 0 saturated carbocycles. The van der Waals surface area contributed by atoms with Crippen molar-refractivity contribution in [2.75, 3.05) is 11.9 Å². The van der Waals surface area contributed by atoms with Gasteiger partial charge in [-0.2, -0.15) is 18.4 Å². The highest BCUT2D eigenvalue weighted by atomic mass is 79.9. The van der Waals surface area contributed by atoms with Crippen LogP contribution in [0.5, 0.6) is 5.75 Å². The molecule has 32 heavy (non-hydrogen) atoms. The zero-order chi connectivity index (χ0) is 23.7. The van der Waals surface area contributed by atoms with E-state index < -0.39 is 17.6 Å². The number of nitriles is 1. The molecule has 0 spiro atoms. The fraction of sp³-hybridized carbons (Fsp3) is 0.304. The summed E-state index contributed by atoms with van der Waals surface area (Å²) in [5.74, 6) is -0.194. The molecule has 0 aliphatic rings. The molecule has 0 saturated heterocycles. The van der Waals surface area contributed by atoms with Gasteiger partial charge in [-0.3, -0.25) is 4.79 Å². The van der Waals surface area contributed by atoms with Crippen molar-refractivity contribution in [2.24, 2.45) is 0 Å². The molecule has 0 bridgehead atoms. The van der Waals surface area contributed by atoms with Crippen molar-refractivity contribution >= 4 is 49.5 Å². The molecule has 0 atom stereocenters. The molecule has 0 aliphatic heterocycles. The van der Waals surface area contributed by atoms with Crippen molar-refractivity contribution in [3.63, 3.8) is 0 Å². The number of nitrogens with one attached hydrogen (secondary N) is 1. The number of halogens is 5. The number of amides is 1. The summed E-state index contributed by atoms with van der Waals surface area (Å²) >= 11 is 6.87. The van der Waals surface area contributed by atoms with Gasteiger partial charge in [0, 0.05) is 5.69 Å². The summed E-state index contributed by atoms with van der Waals surface area (Å²) in [6.45, 7) is 2.70. The van der Waals surface area contributed by atoms with E-state index in [4.69, 9.17) is 4.74 Å². The first kappa shape index (κ1) is 25.9. The summed E-state index contributed by atoms with van der Waals surface area (Å²) in [5.41, 5.74) is -0.664. The second-order valence-electron chi connectivity index (χ2n) is 6.93. The quantitative estimate of drug-likeness (QED) is 0.190. The molecule has 9 heteroatoms. The van der Waals surface area contributed by atoms with Crippen molar-refractivity contribution in [3.8, 4) is 11.8 Å². The second kappa shape index (κ2) is 12.1. The van der Waals surface area contributed by atoms with Gasteiger partial charge in [-0.05, 0) is 80.3 Å². The average molecular weight is 574 g/mol. The van der Waals surface area contributed by atoms with Crippen molar-refractivity contribution in [2.45, 2.75) is 38.8 Å².